The van der Waals surface area contributed by atoms with Crippen LogP contribution in [-0.4, -0.2) is 80.3 Å². The standard InChI is InChI=1S/C24H30N4O3S/c1-32(29,30)28(15-21-5-3-2-4-6-21)12-11-26-16-23-18-27(19-24(17-26)31-23)14-22-9-7-20(13-25)8-10-22/h2-10,23-24H,11-12,14-19H2,1H3. The molecule has 2 aromatic carbocycles. The lowest BCUT2D eigenvalue weighted by atomic mass is 10.1. The van der Waals surface area contributed by atoms with Crippen LogP contribution in [-0.2, 0) is 27.8 Å². The Balaban J connectivity index is 1.30. The van der Waals surface area contributed by atoms with E-state index in [1.54, 1.807) is 4.31 Å². The van der Waals surface area contributed by atoms with Crippen molar-refractivity contribution >= 4 is 10.0 Å². The third-order valence-corrected chi connectivity index (χ3v) is 7.31. The summed E-state index contributed by atoms with van der Waals surface area (Å²) in [5, 5.41) is 8.96. The van der Waals surface area contributed by atoms with Gasteiger partial charge in [-0.15, -0.1) is 0 Å². The van der Waals surface area contributed by atoms with Crippen LogP contribution in [0.4, 0.5) is 0 Å². The van der Waals surface area contributed by atoms with Gasteiger partial charge in [0, 0.05) is 52.4 Å². The first-order valence-corrected chi connectivity index (χ1v) is 12.8. The Morgan fingerprint density at radius 1 is 0.969 bits per heavy atom. The molecule has 2 atom stereocenters. The number of ether oxygens (including phenoxy) is 1. The van der Waals surface area contributed by atoms with Crippen LogP contribution >= 0.6 is 0 Å². The number of hydrogen-bond acceptors (Lipinski definition) is 6. The van der Waals surface area contributed by atoms with Gasteiger partial charge in [-0.3, -0.25) is 9.80 Å². The van der Waals surface area contributed by atoms with Crippen molar-refractivity contribution in [1.82, 2.24) is 14.1 Å². The fraction of sp³-hybridized carbons (Fsp3) is 0.458. The van der Waals surface area contributed by atoms with Gasteiger partial charge in [0.1, 0.15) is 0 Å². The summed E-state index contributed by atoms with van der Waals surface area (Å²) in [6.45, 7) is 5.75. The first kappa shape index (κ1) is 22.9. The molecule has 0 aliphatic carbocycles. The van der Waals surface area contributed by atoms with Crippen molar-refractivity contribution in [2.24, 2.45) is 0 Å². The molecule has 2 aliphatic heterocycles. The zero-order valence-electron chi connectivity index (χ0n) is 18.4. The molecule has 0 amide bonds. The molecule has 2 fully saturated rings. The average Bonchev–Trinajstić information content (AvgIpc) is 2.76. The highest BCUT2D eigenvalue weighted by atomic mass is 32.2. The van der Waals surface area contributed by atoms with Gasteiger partial charge in [-0.1, -0.05) is 42.5 Å². The van der Waals surface area contributed by atoms with Gasteiger partial charge in [0.2, 0.25) is 10.0 Å². The summed E-state index contributed by atoms with van der Waals surface area (Å²) >= 11 is 0. The van der Waals surface area contributed by atoms with Gasteiger partial charge in [0.25, 0.3) is 0 Å². The molecule has 0 spiro atoms. The first-order valence-electron chi connectivity index (χ1n) is 11.0. The van der Waals surface area contributed by atoms with Crippen LogP contribution in [0, 0.1) is 11.3 Å². The van der Waals surface area contributed by atoms with Gasteiger partial charge >= 0.3 is 0 Å². The van der Waals surface area contributed by atoms with Crippen LogP contribution in [0.3, 0.4) is 0 Å². The SMILES string of the molecule is CS(=O)(=O)N(CCN1CC2CN(Cc3ccc(C#N)cc3)CC(C1)O2)Cc1ccccc1. The molecule has 32 heavy (non-hydrogen) atoms. The molecule has 2 saturated heterocycles. The van der Waals surface area contributed by atoms with Crippen molar-refractivity contribution in [3.05, 3.63) is 71.3 Å². The second-order valence-electron chi connectivity index (χ2n) is 8.72. The summed E-state index contributed by atoms with van der Waals surface area (Å²) in [5.74, 6) is 0. The summed E-state index contributed by atoms with van der Waals surface area (Å²) < 4.78 is 32.4. The van der Waals surface area contributed by atoms with Crippen molar-refractivity contribution in [2.75, 3.05) is 45.5 Å². The molecule has 2 bridgehead atoms. The maximum absolute atomic E-state index is 12.3. The van der Waals surface area contributed by atoms with E-state index in [-0.39, 0.29) is 12.2 Å². The molecule has 0 saturated carbocycles. The largest absolute Gasteiger partial charge is 0.370 e. The molecule has 2 aromatic rings. The highest BCUT2D eigenvalue weighted by Gasteiger charge is 2.35. The molecule has 0 aromatic heterocycles. The summed E-state index contributed by atoms with van der Waals surface area (Å²) in [4.78, 5) is 4.75. The van der Waals surface area contributed by atoms with Crippen LogP contribution < -0.4 is 0 Å². The predicted molar refractivity (Wildman–Crippen MR) is 123 cm³/mol. The smallest absolute Gasteiger partial charge is 0.211 e. The van der Waals surface area contributed by atoms with Crippen LogP contribution in [0.25, 0.3) is 0 Å². The minimum atomic E-state index is -3.28. The highest BCUT2D eigenvalue weighted by Crippen LogP contribution is 2.21. The van der Waals surface area contributed by atoms with E-state index >= 15 is 0 Å². The minimum absolute atomic E-state index is 0.127. The summed E-state index contributed by atoms with van der Waals surface area (Å²) in [6, 6.07) is 19.6. The van der Waals surface area contributed by atoms with Crippen molar-refractivity contribution in [3.63, 3.8) is 0 Å². The van der Waals surface area contributed by atoms with E-state index in [1.165, 1.54) is 11.8 Å². The first-order chi connectivity index (χ1) is 15.4. The molecular formula is C24H30N4O3S. The van der Waals surface area contributed by atoms with Gasteiger partial charge in [0.15, 0.2) is 0 Å². The maximum Gasteiger partial charge on any atom is 0.211 e. The number of fused-ring (bicyclic) bond motifs is 2. The second-order valence-corrected chi connectivity index (χ2v) is 10.7. The van der Waals surface area contributed by atoms with E-state index in [4.69, 9.17) is 10.00 Å². The van der Waals surface area contributed by atoms with E-state index in [0.717, 1.165) is 38.3 Å². The summed E-state index contributed by atoms with van der Waals surface area (Å²) in [5.41, 5.74) is 2.87. The Hall–Kier alpha value is -2.28. The van der Waals surface area contributed by atoms with Gasteiger partial charge in [0.05, 0.1) is 30.1 Å². The van der Waals surface area contributed by atoms with Gasteiger partial charge in [-0.25, -0.2) is 8.42 Å². The van der Waals surface area contributed by atoms with Crippen LogP contribution in [0.5, 0.6) is 0 Å². The molecular weight excluding hydrogens is 424 g/mol. The third kappa shape index (κ3) is 6.15. The van der Waals surface area contributed by atoms with Gasteiger partial charge < -0.3 is 4.74 Å². The number of benzene rings is 2. The quantitative estimate of drug-likeness (QED) is 0.607. The number of nitrogens with zero attached hydrogens (tertiary/aromatic N) is 4. The molecule has 8 heteroatoms. The van der Waals surface area contributed by atoms with Crippen molar-refractivity contribution < 1.29 is 13.2 Å². The lowest BCUT2D eigenvalue weighted by molar-refractivity contribution is -0.140. The predicted octanol–water partition coefficient (Wildman–Crippen LogP) is 1.91. The zero-order valence-corrected chi connectivity index (χ0v) is 19.2. The van der Waals surface area contributed by atoms with Gasteiger partial charge in [-0.05, 0) is 23.3 Å². The van der Waals surface area contributed by atoms with Crippen molar-refractivity contribution in [1.29, 1.82) is 5.26 Å². The Kier molecular flexibility index (Phi) is 7.23. The lowest BCUT2D eigenvalue weighted by Gasteiger charge is -2.46. The number of sulfonamides is 1. The maximum atomic E-state index is 12.3. The number of rotatable bonds is 8. The van der Waals surface area contributed by atoms with E-state index in [1.807, 2.05) is 54.6 Å². The molecule has 0 N–H and O–H groups in total. The molecule has 4 rings (SSSR count). The Labute approximate surface area is 190 Å². The van der Waals surface area contributed by atoms with E-state index < -0.39 is 10.0 Å². The van der Waals surface area contributed by atoms with Crippen molar-refractivity contribution in [2.45, 2.75) is 25.3 Å². The molecule has 170 valence electrons. The molecule has 2 unspecified atom stereocenters. The van der Waals surface area contributed by atoms with Gasteiger partial charge in [-0.2, -0.15) is 9.57 Å². The Bertz CT molecular complexity index is 1020. The minimum Gasteiger partial charge on any atom is -0.370 e. The van der Waals surface area contributed by atoms with E-state index in [0.29, 0.717) is 25.2 Å². The van der Waals surface area contributed by atoms with Crippen molar-refractivity contribution in [3.8, 4) is 6.07 Å². The third-order valence-electron chi connectivity index (χ3n) is 6.06. The normalized spacial score (nSPS) is 22.0. The zero-order chi connectivity index (χ0) is 22.6. The fourth-order valence-electron chi connectivity index (χ4n) is 4.52. The van der Waals surface area contributed by atoms with E-state index in [9.17, 15) is 8.42 Å². The molecule has 7 nitrogen and oxygen atoms in total. The van der Waals surface area contributed by atoms with Crippen LogP contribution in [0.2, 0.25) is 0 Å². The highest BCUT2D eigenvalue weighted by molar-refractivity contribution is 7.88. The molecule has 2 aliphatic rings. The second kappa shape index (κ2) is 10.1. The molecule has 2 heterocycles. The molecule has 0 radical (unpaired) electrons. The number of nitriles is 1. The monoisotopic (exact) mass is 454 g/mol. The van der Waals surface area contributed by atoms with Crippen LogP contribution in [0.1, 0.15) is 16.7 Å². The number of morpholine rings is 2. The summed E-state index contributed by atoms with van der Waals surface area (Å²) in [7, 11) is -3.28. The van der Waals surface area contributed by atoms with E-state index in [2.05, 4.69) is 15.9 Å². The topological polar surface area (TPSA) is 76.9 Å². The fourth-order valence-corrected chi connectivity index (χ4v) is 5.31. The Morgan fingerprint density at radius 3 is 2.19 bits per heavy atom. The number of hydrogen-bond donors (Lipinski definition) is 0. The lowest BCUT2D eigenvalue weighted by Crippen LogP contribution is -2.59. The summed E-state index contributed by atoms with van der Waals surface area (Å²) in [6.07, 6.45) is 1.54. The van der Waals surface area contributed by atoms with Crippen LogP contribution in [0.15, 0.2) is 54.6 Å². The average molecular weight is 455 g/mol. The Morgan fingerprint density at radius 2 is 1.59 bits per heavy atom.